The average molecular weight is 295 g/mol. The van der Waals surface area contributed by atoms with E-state index in [0.717, 1.165) is 43.0 Å². The Hall–Kier alpha value is -2.43. The number of rotatable bonds is 2. The van der Waals surface area contributed by atoms with Gasteiger partial charge in [0.2, 0.25) is 5.91 Å². The van der Waals surface area contributed by atoms with E-state index in [2.05, 4.69) is 14.9 Å². The highest BCUT2D eigenvalue weighted by Gasteiger charge is 2.34. The fourth-order valence-electron chi connectivity index (χ4n) is 3.42. The van der Waals surface area contributed by atoms with E-state index in [0.29, 0.717) is 5.56 Å². The molecule has 0 bridgehead atoms. The van der Waals surface area contributed by atoms with Crippen molar-refractivity contribution in [3.63, 3.8) is 0 Å². The van der Waals surface area contributed by atoms with Crippen molar-refractivity contribution in [3.8, 4) is 0 Å². The third-order valence-corrected chi connectivity index (χ3v) is 4.56. The van der Waals surface area contributed by atoms with Gasteiger partial charge in [-0.25, -0.2) is 4.98 Å². The van der Waals surface area contributed by atoms with E-state index >= 15 is 0 Å². The van der Waals surface area contributed by atoms with Gasteiger partial charge in [0.15, 0.2) is 5.78 Å². The van der Waals surface area contributed by atoms with Crippen LogP contribution in [0.1, 0.15) is 46.9 Å². The van der Waals surface area contributed by atoms with E-state index in [4.69, 9.17) is 0 Å². The van der Waals surface area contributed by atoms with Gasteiger partial charge in [0.25, 0.3) is 0 Å². The normalized spacial score (nSPS) is 19.6. The summed E-state index contributed by atoms with van der Waals surface area (Å²) in [6.07, 6.45) is 5.19. The Kier molecular flexibility index (Phi) is 3.06. The molecule has 4 rings (SSSR count). The zero-order chi connectivity index (χ0) is 15.1. The molecule has 2 aromatic rings. The number of fused-ring (bicyclic) bond motifs is 2. The molecule has 1 aromatic carbocycles. The average Bonchev–Trinajstić information content (AvgIpc) is 3.10. The summed E-state index contributed by atoms with van der Waals surface area (Å²) in [5.74, 6) is 1.32. The Labute approximate surface area is 128 Å². The number of carbonyl (C=O) groups excluding carboxylic acids is 2. The second-order valence-electron chi connectivity index (χ2n) is 5.92. The number of anilines is 1. The van der Waals surface area contributed by atoms with Gasteiger partial charge in [-0.3, -0.25) is 9.59 Å². The third kappa shape index (κ3) is 2.04. The second-order valence-corrected chi connectivity index (χ2v) is 5.92. The van der Waals surface area contributed by atoms with Crippen LogP contribution in [0.4, 0.5) is 5.82 Å². The predicted octanol–water partition coefficient (Wildman–Crippen LogP) is 2.53. The number of benzene rings is 1. The van der Waals surface area contributed by atoms with Gasteiger partial charge in [-0.05, 0) is 18.4 Å². The van der Waals surface area contributed by atoms with Crippen molar-refractivity contribution in [3.05, 3.63) is 47.4 Å². The molecule has 2 aliphatic rings. The number of carbonyl (C=O) groups is 2. The lowest BCUT2D eigenvalue weighted by Gasteiger charge is -2.17. The van der Waals surface area contributed by atoms with E-state index in [-0.39, 0.29) is 18.1 Å². The first-order chi connectivity index (χ1) is 10.7. The van der Waals surface area contributed by atoms with E-state index < -0.39 is 5.92 Å². The minimum Gasteiger partial charge on any atom is -0.315 e. The molecule has 5 heteroatoms. The highest BCUT2D eigenvalue weighted by atomic mass is 16.2. The molecular weight excluding hydrogens is 278 g/mol. The topological polar surface area (TPSA) is 64.0 Å². The molecule has 0 saturated carbocycles. The summed E-state index contributed by atoms with van der Waals surface area (Å²) in [5, 5.41) is 2.96. The SMILES string of the molecule is O=C1C[C@H](C(=O)Nc2cnc3n2CCCC3)c2ccccc21. The summed E-state index contributed by atoms with van der Waals surface area (Å²) in [4.78, 5) is 29.0. The van der Waals surface area contributed by atoms with Gasteiger partial charge in [-0.1, -0.05) is 24.3 Å². The fraction of sp³-hybridized carbons (Fsp3) is 0.353. The molecule has 1 aliphatic carbocycles. The minimum atomic E-state index is -0.390. The highest BCUT2D eigenvalue weighted by Crippen LogP contribution is 2.34. The maximum atomic E-state index is 12.6. The van der Waals surface area contributed by atoms with Crippen molar-refractivity contribution in [2.24, 2.45) is 0 Å². The summed E-state index contributed by atoms with van der Waals surface area (Å²) >= 11 is 0. The number of ketones is 1. The number of amides is 1. The van der Waals surface area contributed by atoms with Crippen LogP contribution in [0.25, 0.3) is 0 Å². The lowest BCUT2D eigenvalue weighted by molar-refractivity contribution is -0.117. The minimum absolute atomic E-state index is 0.0473. The first kappa shape index (κ1) is 13.2. The first-order valence-electron chi connectivity index (χ1n) is 7.71. The van der Waals surface area contributed by atoms with Crippen LogP contribution >= 0.6 is 0 Å². The zero-order valence-corrected chi connectivity index (χ0v) is 12.2. The Balaban J connectivity index is 1.59. The van der Waals surface area contributed by atoms with Gasteiger partial charge in [0.1, 0.15) is 11.6 Å². The van der Waals surface area contributed by atoms with E-state index in [1.807, 2.05) is 18.2 Å². The van der Waals surface area contributed by atoms with E-state index in [1.165, 1.54) is 0 Å². The Morgan fingerprint density at radius 3 is 3.05 bits per heavy atom. The summed E-state index contributed by atoms with van der Waals surface area (Å²) in [7, 11) is 0. The maximum absolute atomic E-state index is 12.6. The molecule has 2 heterocycles. The predicted molar refractivity (Wildman–Crippen MR) is 81.9 cm³/mol. The standard InChI is InChI=1S/C17H17N3O2/c21-14-9-13(11-5-1-2-6-12(11)14)17(22)19-16-10-18-15-7-3-4-8-20(15)16/h1-2,5-6,10,13H,3-4,7-9H2,(H,19,22)/t13-/m0/s1. The molecule has 112 valence electrons. The molecular formula is C17H17N3O2. The number of Topliss-reactive ketones (excluding diaryl/α,β-unsaturated/α-hetero) is 1. The molecule has 1 N–H and O–H groups in total. The van der Waals surface area contributed by atoms with E-state index in [9.17, 15) is 9.59 Å². The summed E-state index contributed by atoms with van der Waals surface area (Å²) in [6, 6.07) is 7.38. The van der Waals surface area contributed by atoms with E-state index in [1.54, 1.807) is 12.3 Å². The van der Waals surface area contributed by atoms with Gasteiger partial charge in [-0.2, -0.15) is 0 Å². The number of hydrogen-bond acceptors (Lipinski definition) is 3. The van der Waals surface area contributed by atoms with Crippen molar-refractivity contribution >= 4 is 17.5 Å². The van der Waals surface area contributed by atoms with Crippen LogP contribution in [-0.4, -0.2) is 21.2 Å². The molecule has 0 saturated heterocycles. The number of aryl methyl sites for hydroxylation is 1. The zero-order valence-electron chi connectivity index (χ0n) is 12.2. The van der Waals surface area contributed by atoms with Crippen molar-refractivity contribution in [1.82, 2.24) is 9.55 Å². The van der Waals surface area contributed by atoms with Crippen molar-refractivity contribution in [2.45, 2.75) is 38.1 Å². The number of nitrogens with one attached hydrogen (secondary N) is 1. The molecule has 1 amide bonds. The van der Waals surface area contributed by atoms with Crippen LogP contribution < -0.4 is 5.32 Å². The summed E-state index contributed by atoms with van der Waals surface area (Å²) in [6.45, 7) is 0.894. The molecule has 0 fully saturated rings. The second kappa shape index (κ2) is 5.09. The molecule has 5 nitrogen and oxygen atoms in total. The van der Waals surface area contributed by atoms with Crippen LogP contribution in [0.5, 0.6) is 0 Å². The third-order valence-electron chi connectivity index (χ3n) is 4.56. The van der Waals surface area contributed by atoms with Gasteiger partial charge < -0.3 is 9.88 Å². The van der Waals surface area contributed by atoms with Crippen LogP contribution in [0, 0.1) is 0 Å². The summed E-state index contributed by atoms with van der Waals surface area (Å²) < 4.78 is 2.07. The largest absolute Gasteiger partial charge is 0.315 e. The fourth-order valence-corrected chi connectivity index (χ4v) is 3.42. The quantitative estimate of drug-likeness (QED) is 0.926. The number of aromatic nitrogens is 2. The van der Waals surface area contributed by atoms with Gasteiger partial charge in [0.05, 0.1) is 12.1 Å². The molecule has 1 atom stereocenters. The number of nitrogens with zero attached hydrogens (tertiary/aromatic N) is 2. The van der Waals surface area contributed by atoms with Gasteiger partial charge in [0, 0.05) is 24.9 Å². The highest BCUT2D eigenvalue weighted by molar-refractivity contribution is 6.09. The Morgan fingerprint density at radius 2 is 2.14 bits per heavy atom. The number of imidazole rings is 1. The lowest BCUT2D eigenvalue weighted by Crippen LogP contribution is -2.22. The monoisotopic (exact) mass is 295 g/mol. The number of hydrogen-bond donors (Lipinski definition) is 1. The van der Waals surface area contributed by atoms with Crippen LogP contribution in [0.2, 0.25) is 0 Å². The van der Waals surface area contributed by atoms with Crippen molar-refractivity contribution in [2.75, 3.05) is 5.32 Å². The smallest absolute Gasteiger partial charge is 0.233 e. The molecule has 1 aliphatic heterocycles. The Morgan fingerprint density at radius 1 is 1.27 bits per heavy atom. The molecule has 0 radical (unpaired) electrons. The molecule has 0 spiro atoms. The van der Waals surface area contributed by atoms with Gasteiger partial charge in [-0.15, -0.1) is 0 Å². The van der Waals surface area contributed by atoms with Gasteiger partial charge >= 0.3 is 0 Å². The maximum Gasteiger partial charge on any atom is 0.233 e. The molecule has 22 heavy (non-hydrogen) atoms. The van der Waals surface area contributed by atoms with Crippen molar-refractivity contribution in [1.29, 1.82) is 0 Å². The molecule has 1 aromatic heterocycles. The summed E-state index contributed by atoms with van der Waals surface area (Å²) in [5.41, 5.74) is 1.52. The lowest BCUT2D eigenvalue weighted by atomic mass is 10.0. The van der Waals surface area contributed by atoms with Crippen molar-refractivity contribution < 1.29 is 9.59 Å². The Bertz CT molecular complexity index is 763. The van der Waals surface area contributed by atoms with Crippen LogP contribution in [-0.2, 0) is 17.8 Å². The molecule has 0 unspecified atom stereocenters. The van der Waals surface area contributed by atoms with Crippen LogP contribution in [0.15, 0.2) is 30.5 Å². The first-order valence-corrected chi connectivity index (χ1v) is 7.71. The van der Waals surface area contributed by atoms with Crippen LogP contribution in [0.3, 0.4) is 0 Å².